The van der Waals surface area contributed by atoms with Gasteiger partial charge in [0.1, 0.15) is 0 Å². The van der Waals surface area contributed by atoms with E-state index in [1.165, 1.54) is 7.11 Å². The molecule has 4 nitrogen and oxygen atoms in total. The Hall–Kier alpha value is -1.36. The van der Waals surface area contributed by atoms with E-state index in [1.807, 2.05) is 26.0 Å². The first-order chi connectivity index (χ1) is 8.99. The van der Waals surface area contributed by atoms with E-state index in [0.717, 1.165) is 10.0 Å². The number of methoxy groups -OCH3 is 1. The van der Waals surface area contributed by atoms with Crippen molar-refractivity contribution in [2.75, 3.05) is 20.2 Å². The molecule has 0 radical (unpaired) electrons. The first kappa shape index (κ1) is 15.7. The largest absolute Gasteiger partial charge is 0.469 e. The molecule has 104 valence electrons. The third kappa shape index (κ3) is 4.35. The Morgan fingerprint density at radius 2 is 2.05 bits per heavy atom. The molecule has 1 aromatic carbocycles. The fraction of sp³-hybridized carbons (Fsp3) is 0.429. The quantitative estimate of drug-likeness (QED) is 0.781. The number of carbonyl (C=O) groups is 2. The van der Waals surface area contributed by atoms with Gasteiger partial charge in [-0.2, -0.15) is 0 Å². The van der Waals surface area contributed by atoms with Crippen LogP contribution in [0, 0.1) is 6.92 Å². The number of esters is 1. The molecular formula is C14H18BrNO3. The molecule has 0 aliphatic carbocycles. The monoisotopic (exact) mass is 327 g/mol. The highest BCUT2D eigenvalue weighted by Crippen LogP contribution is 2.17. The van der Waals surface area contributed by atoms with Gasteiger partial charge in [0.15, 0.2) is 0 Å². The van der Waals surface area contributed by atoms with Crippen LogP contribution >= 0.6 is 15.9 Å². The van der Waals surface area contributed by atoms with E-state index >= 15 is 0 Å². The summed E-state index contributed by atoms with van der Waals surface area (Å²) >= 11 is 3.37. The minimum atomic E-state index is -0.307. The smallest absolute Gasteiger partial charge is 0.307 e. The maximum atomic E-state index is 12.4. The summed E-state index contributed by atoms with van der Waals surface area (Å²) in [6.07, 6.45) is 0.214. The van der Waals surface area contributed by atoms with Crippen molar-refractivity contribution in [1.82, 2.24) is 4.90 Å². The fourth-order valence-corrected chi connectivity index (χ4v) is 2.24. The average molecular weight is 328 g/mol. The molecule has 0 bridgehead atoms. The lowest BCUT2D eigenvalue weighted by atomic mass is 10.1. The summed E-state index contributed by atoms with van der Waals surface area (Å²) in [6.45, 7) is 4.72. The predicted molar refractivity (Wildman–Crippen MR) is 77.1 cm³/mol. The summed E-state index contributed by atoms with van der Waals surface area (Å²) < 4.78 is 5.53. The number of ether oxygens (including phenoxy) is 1. The van der Waals surface area contributed by atoms with E-state index in [2.05, 4.69) is 20.7 Å². The lowest BCUT2D eigenvalue weighted by Crippen LogP contribution is -2.33. The van der Waals surface area contributed by atoms with Gasteiger partial charge in [-0.3, -0.25) is 9.59 Å². The zero-order chi connectivity index (χ0) is 14.4. The van der Waals surface area contributed by atoms with Gasteiger partial charge in [0, 0.05) is 23.1 Å². The minimum Gasteiger partial charge on any atom is -0.469 e. The van der Waals surface area contributed by atoms with E-state index in [0.29, 0.717) is 18.7 Å². The van der Waals surface area contributed by atoms with Crippen LogP contribution < -0.4 is 0 Å². The van der Waals surface area contributed by atoms with Gasteiger partial charge in [-0.05, 0) is 37.6 Å². The zero-order valence-electron chi connectivity index (χ0n) is 11.4. The molecule has 0 aliphatic heterocycles. The van der Waals surface area contributed by atoms with Gasteiger partial charge in [-0.1, -0.05) is 15.9 Å². The van der Waals surface area contributed by atoms with E-state index < -0.39 is 0 Å². The van der Waals surface area contributed by atoms with Crippen LogP contribution in [0.4, 0.5) is 0 Å². The number of benzene rings is 1. The van der Waals surface area contributed by atoms with Crippen LogP contribution in [0.3, 0.4) is 0 Å². The van der Waals surface area contributed by atoms with Gasteiger partial charge in [-0.15, -0.1) is 0 Å². The molecule has 0 atom stereocenters. The van der Waals surface area contributed by atoms with Crippen molar-refractivity contribution < 1.29 is 14.3 Å². The highest BCUT2D eigenvalue weighted by Gasteiger charge is 2.17. The molecule has 0 saturated carbocycles. The maximum absolute atomic E-state index is 12.4. The van der Waals surface area contributed by atoms with E-state index in [9.17, 15) is 9.59 Å². The first-order valence-corrected chi connectivity index (χ1v) is 6.91. The third-order valence-corrected chi connectivity index (χ3v) is 3.39. The molecule has 0 aliphatic rings. The number of carbonyl (C=O) groups excluding carboxylic acids is 2. The van der Waals surface area contributed by atoms with Crippen molar-refractivity contribution in [2.45, 2.75) is 20.3 Å². The molecule has 5 heteroatoms. The summed E-state index contributed by atoms with van der Waals surface area (Å²) in [5.41, 5.74) is 1.57. The average Bonchev–Trinajstić information content (AvgIpc) is 2.38. The van der Waals surface area contributed by atoms with Crippen LogP contribution in [-0.2, 0) is 9.53 Å². The van der Waals surface area contributed by atoms with E-state index in [-0.39, 0.29) is 18.3 Å². The van der Waals surface area contributed by atoms with E-state index in [1.54, 1.807) is 11.0 Å². The molecule has 1 rings (SSSR count). The molecule has 1 amide bonds. The minimum absolute atomic E-state index is 0.0589. The topological polar surface area (TPSA) is 46.6 Å². The Morgan fingerprint density at radius 1 is 1.37 bits per heavy atom. The SMILES string of the molecule is CCN(CCC(=O)OC)C(=O)c1ccc(Br)cc1C. The third-order valence-electron chi connectivity index (χ3n) is 2.90. The van der Waals surface area contributed by atoms with Crippen molar-refractivity contribution in [3.63, 3.8) is 0 Å². The second-order valence-electron chi connectivity index (χ2n) is 4.17. The lowest BCUT2D eigenvalue weighted by Gasteiger charge is -2.21. The van der Waals surface area contributed by atoms with Gasteiger partial charge in [0.05, 0.1) is 13.5 Å². The molecule has 0 spiro atoms. The number of halogens is 1. The van der Waals surface area contributed by atoms with Gasteiger partial charge in [0.25, 0.3) is 5.91 Å². The first-order valence-electron chi connectivity index (χ1n) is 6.11. The standard InChI is InChI=1S/C14H18BrNO3/c1-4-16(8-7-13(17)19-3)14(18)12-6-5-11(15)9-10(12)2/h5-6,9H,4,7-8H2,1-3H3. The Labute approximate surface area is 121 Å². The molecule has 0 N–H and O–H groups in total. The lowest BCUT2D eigenvalue weighted by molar-refractivity contribution is -0.140. The molecule has 0 fully saturated rings. The Balaban J connectivity index is 2.80. The number of nitrogens with zero attached hydrogens (tertiary/aromatic N) is 1. The highest BCUT2D eigenvalue weighted by atomic mass is 79.9. The number of aryl methyl sites for hydroxylation is 1. The highest BCUT2D eigenvalue weighted by molar-refractivity contribution is 9.10. The summed E-state index contributed by atoms with van der Waals surface area (Å²) in [5, 5.41) is 0. The molecule has 0 saturated heterocycles. The van der Waals surface area contributed by atoms with Crippen LogP contribution in [0.15, 0.2) is 22.7 Å². The van der Waals surface area contributed by atoms with Gasteiger partial charge in [-0.25, -0.2) is 0 Å². The molecule has 19 heavy (non-hydrogen) atoms. The second-order valence-corrected chi connectivity index (χ2v) is 5.09. The number of rotatable bonds is 5. The maximum Gasteiger partial charge on any atom is 0.307 e. The molecule has 0 aromatic heterocycles. The van der Waals surface area contributed by atoms with Crippen molar-refractivity contribution in [1.29, 1.82) is 0 Å². The zero-order valence-corrected chi connectivity index (χ0v) is 13.0. The normalized spacial score (nSPS) is 10.1. The number of hydrogen-bond donors (Lipinski definition) is 0. The van der Waals surface area contributed by atoms with Gasteiger partial charge < -0.3 is 9.64 Å². The Bertz CT molecular complexity index is 474. The second kappa shape index (κ2) is 7.28. The molecular weight excluding hydrogens is 310 g/mol. The fourth-order valence-electron chi connectivity index (χ4n) is 1.77. The van der Waals surface area contributed by atoms with Crippen LogP contribution in [0.2, 0.25) is 0 Å². The summed E-state index contributed by atoms with van der Waals surface area (Å²) in [5.74, 6) is -0.366. The molecule has 0 heterocycles. The van der Waals surface area contributed by atoms with Gasteiger partial charge >= 0.3 is 5.97 Å². The Kier molecular flexibility index (Phi) is 6.02. The summed E-state index contributed by atoms with van der Waals surface area (Å²) in [6, 6.07) is 5.54. The number of hydrogen-bond acceptors (Lipinski definition) is 3. The van der Waals surface area contributed by atoms with Crippen LogP contribution in [-0.4, -0.2) is 37.0 Å². The van der Waals surface area contributed by atoms with Crippen molar-refractivity contribution >= 4 is 27.8 Å². The number of amides is 1. The van der Waals surface area contributed by atoms with Crippen molar-refractivity contribution in [2.24, 2.45) is 0 Å². The van der Waals surface area contributed by atoms with E-state index in [4.69, 9.17) is 0 Å². The molecule has 0 unspecified atom stereocenters. The van der Waals surface area contributed by atoms with Crippen LogP contribution in [0.5, 0.6) is 0 Å². The van der Waals surface area contributed by atoms with Crippen LogP contribution in [0.25, 0.3) is 0 Å². The summed E-state index contributed by atoms with van der Waals surface area (Å²) in [4.78, 5) is 25.1. The molecule has 1 aromatic rings. The van der Waals surface area contributed by atoms with Crippen molar-refractivity contribution in [3.05, 3.63) is 33.8 Å². The predicted octanol–water partition coefficient (Wildman–Crippen LogP) is 2.78. The Morgan fingerprint density at radius 3 is 2.58 bits per heavy atom. The van der Waals surface area contributed by atoms with Gasteiger partial charge in [0.2, 0.25) is 0 Å². The summed E-state index contributed by atoms with van der Waals surface area (Å²) in [7, 11) is 1.35. The van der Waals surface area contributed by atoms with Crippen molar-refractivity contribution in [3.8, 4) is 0 Å². The van der Waals surface area contributed by atoms with Crippen LogP contribution in [0.1, 0.15) is 29.3 Å².